The average molecular weight is 377 g/mol. The lowest BCUT2D eigenvalue weighted by Gasteiger charge is -2.27. The fourth-order valence-electron chi connectivity index (χ4n) is 4.06. The number of fused-ring (bicyclic) bond motifs is 1. The summed E-state index contributed by atoms with van der Waals surface area (Å²) in [6, 6.07) is 11.9. The van der Waals surface area contributed by atoms with E-state index in [4.69, 9.17) is 10.2 Å². The molecular formula is C21H23N5O2. The van der Waals surface area contributed by atoms with Crippen LogP contribution in [-0.4, -0.2) is 26.5 Å². The van der Waals surface area contributed by atoms with Crippen molar-refractivity contribution in [2.24, 2.45) is 5.92 Å². The topological polar surface area (TPSA) is 107 Å². The number of nitriles is 1. The highest BCUT2D eigenvalue weighted by Crippen LogP contribution is 2.36. The number of rotatable bonds is 5. The second-order valence-electron chi connectivity index (χ2n) is 7.25. The van der Waals surface area contributed by atoms with E-state index in [1.54, 1.807) is 6.20 Å². The molecule has 144 valence electrons. The number of anilines is 2. The molecule has 2 unspecified atom stereocenters. The number of benzene rings is 1. The number of aromatic amines is 1. The van der Waals surface area contributed by atoms with Crippen LogP contribution in [0.25, 0.3) is 10.9 Å². The van der Waals surface area contributed by atoms with Crippen molar-refractivity contribution >= 4 is 22.4 Å². The number of H-pyrrole nitrogens is 1. The van der Waals surface area contributed by atoms with Gasteiger partial charge in [0.2, 0.25) is 0 Å². The fraction of sp³-hybridized carbons (Fsp3) is 0.381. The monoisotopic (exact) mass is 377 g/mol. The van der Waals surface area contributed by atoms with Crippen LogP contribution in [0.3, 0.4) is 0 Å². The fourth-order valence-corrected chi connectivity index (χ4v) is 4.06. The molecule has 28 heavy (non-hydrogen) atoms. The molecule has 1 fully saturated rings. The standard InChI is InChI=1S/C21H23N5O2/c22-13-15-5-1-2-7-17(15)26-18-8-10-23-21(28)19(18)20(25-26)24-16-6-3-4-14(12-16)9-11-27/h3-4,6,8,10,12,15,17,27H,1-2,5,7,9,11H2,(H,23,28)(H,24,25). The van der Waals surface area contributed by atoms with Gasteiger partial charge in [-0.05, 0) is 43.0 Å². The third-order valence-corrected chi connectivity index (χ3v) is 5.43. The number of aliphatic hydroxyl groups is 1. The van der Waals surface area contributed by atoms with E-state index >= 15 is 0 Å². The number of pyridine rings is 1. The second-order valence-corrected chi connectivity index (χ2v) is 7.25. The first-order valence-electron chi connectivity index (χ1n) is 9.67. The van der Waals surface area contributed by atoms with Crippen LogP contribution in [0.2, 0.25) is 0 Å². The lowest BCUT2D eigenvalue weighted by atomic mass is 9.85. The Labute approximate surface area is 162 Å². The molecule has 1 saturated carbocycles. The molecule has 0 spiro atoms. The van der Waals surface area contributed by atoms with Gasteiger partial charge in [0.1, 0.15) is 5.39 Å². The van der Waals surface area contributed by atoms with Gasteiger partial charge < -0.3 is 15.4 Å². The third kappa shape index (κ3) is 3.39. The van der Waals surface area contributed by atoms with E-state index in [-0.39, 0.29) is 24.1 Å². The number of nitrogens with one attached hydrogen (secondary N) is 2. The van der Waals surface area contributed by atoms with E-state index in [1.165, 1.54) is 0 Å². The van der Waals surface area contributed by atoms with Crippen molar-refractivity contribution in [2.45, 2.75) is 38.1 Å². The molecule has 3 N–H and O–H groups in total. The number of hydrogen-bond donors (Lipinski definition) is 3. The molecule has 2 aromatic heterocycles. The predicted octanol–water partition coefficient (Wildman–Crippen LogP) is 3.26. The Morgan fingerprint density at radius 3 is 3.00 bits per heavy atom. The van der Waals surface area contributed by atoms with Crippen molar-refractivity contribution in [2.75, 3.05) is 11.9 Å². The molecule has 0 saturated heterocycles. The Kier molecular flexibility index (Phi) is 5.13. The Hall–Kier alpha value is -3.11. The molecule has 3 aromatic rings. The van der Waals surface area contributed by atoms with Crippen LogP contribution in [0.15, 0.2) is 41.3 Å². The van der Waals surface area contributed by atoms with E-state index < -0.39 is 0 Å². The van der Waals surface area contributed by atoms with Crippen molar-refractivity contribution in [3.05, 3.63) is 52.4 Å². The van der Waals surface area contributed by atoms with Crippen LogP contribution >= 0.6 is 0 Å². The molecule has 4 rings (SSSR count). The first-order valence-corrected chi connectivity index (χ1v) is 9.67. The number of nitrogens with zero attached hydrogens (tertiary/aromatic N) is 3. The highest BCUT2D eigenvalue weighted by Gasteiger charge is 2.29. The molecule has 0 radical (unpaired) electrons. The van der Waals surface area contributed by atoms with Crippen LogP contribution < -0.4 is 10.9 Å². The number of aliphatic hydroxyl groups excluding tert-OH is 1. The molecule has 1 aliphatic rings. The number of hydrogen-bond acceptors (Lipinski definition) is 5. The van der Waals surface area contributed by atoms with Crippen LogP contribution in [0, 0.1) is 17.2 Å². The minimum atomic E-state index is -0.206. The zero-order chi connectivity index (χ0) is 19.5. The summed E-state index contributed by atoms with van der Waals surface area (Å²) >= 11 is 0. The lowest BCUT2D eigenvalue weighted by molar-refractivity contribution is 0.277. The maximum absolute atomic E-state index is 12.6. The smallest absolute Gasteiger partial charge is 0.261 e. The van der Waals surface area contributed by atoms with Crippen molar-refractivity contribution in [1.29, 1.82) is 5.26 Å². The minimum Gasteiger partial charge on any atom is -0.396 e. The molecule has 0 aliphatic heterocycles. The van der Waals surface area contributed by atoms with Gasteiger partial charge in [0.15, 0.2) is 5.82 Å². The van der Waals surface area contributed by atoms with Crippen LogP contribution in [0.5, 0.6) is 0 Å². The normalized spacial score (nSPS) is 19.4. The van der Waals surface area contributed by atoms with Crippen molar-refractivity contribution in [1.82, 2.24) is 14.8 Å². The molecule has 0 amide bonds. The SMILES string of the molecule is N#CC1CCCCC1n1nc(Nc2cccc(CCO)c2)c2c(=O)[nH]ccc21. The van der Waals surface area contributed by atoms with Gasteiger partial charge in [-0.25, -0.2) is 0 Å². The largest absolute Gasteiger partial charge is 0.396 e. The van der Waals surface area contributed by atoms with Gasteiger partial charge in [0.05, 0.1) is 23.5 Å². The Morgan fingerprint density at radius 2 is 2.18 bits per heavy atom. The van der Waals surface area contributed by atoms with Crippen molar-refractivity contribution < 1.29 is 5.11 Å². The Balaban J connectivity index is 1.78. The first kappa shape index (κ1) is 18.3. The molecular weight excluding hydrogens is 354 g/mol. The van der Waals surface area contributed by atoms with Crippen LogP contribution in [-0.2, 0) is 6.42 Å². The lowest BCUT2D eigenvalue weighted by Crippen LogP contribution is -2.23. The summed E-state index contributed by atoms with van der Waals surface area (Å²) in [6.45, 7) is 0.0813. The van der Waals surface area contributed by atoms with E-state index in [2.05, 4.69) is 16.4 Å². The zero-order valence-electron chi connectivity index (χ0n) is 15.6. The van der Waals surface area contributed by atoms with Gasteiger partial charge in [-0.15, -0.1) is 0 Å². The predicted molar refractivity (Wildman–Crippen MR) is 107 cm³/mol. The van der Waals surface area contributed by atoms with Crippen LogP contribution in [0.1, 0.15) is 37.3 Å². The molecule has 2 atom stereocenters. The van der Waals surface area contributed by atoms with E-state index in [1.807, 2.05) is 35.0 Å². The summed E-state index contributed by atoms with van der Waals surface area (Å²) in [6.07, 6.45) is 6.04. The zero-order valence-corrected chi connectivity index (χ0v) is 15.6. The minimum absolute atomic E-state index is 0.0284. The highest BCUT2D eigenvalue weighted by molar-refractivity contribution is 5.91. The summed E-state index contributed by atoms with van der Waals surface area (Å²) in [5.74, 6) is 0.386. The summed E-state index contributed by atoms with van der Waals surface area (Å²) in [4.78, 5) is 15.3. The van der Waals surface area contributed by atoms with Gasteiger partial charge in [0, 0.05) is 18.5 Å². The average Bonchev–Trinajstić information content (AvgIpc) is 3.08. The summed E-state index contributed by atoms with van der Waals surface area (Å²) in [5, 5.41) is 27.2. The molecule has 0 bridgehead atoms. The van der Waals surface area contributed by atoms with Gasteiger partial charge in [-0.3, -0.25) is 9.48 Å². The van der Waals surface area contributed by atoms with E-state index in [0.717, 1.165) is 42.5 Å². The van der Waals surface area contributed by atoms with Gasteiger partial charge in [-0.1, -0.05) is 25.0 Å². The molecule has 2 heterocycles. The maximum atomic E-state index is 12.6. The highest BCUT2D eigenvalue weighted by atomic mass is 16.3. The van der Waals surface area contributed by atoms with E-state index in [9.17, 15) is 10.1 Å². The van der Waals surface area contributed by atoms with E-state index in [0.29, 0.717) is 17.6 Å². The Bertz CT molecular complexity index is 1080. The first-order chi connectivity index (χ1) is 13.7. The summed E-state index contributed by atoms with van der Waals surface area (Å²) < 4.78 is 1.86. The summed E-state index contributed by atoms with van der Waals surface area (Å²) in [5.41, 5.74) is 2.34. The quantitative estimate of drug-likeness (QED) is 0.633. The third-order valence-electron chi connectivity index (χ3n) is 5.43. The van der Waals surface area contributed by atoms with Crippen molar-refractivity contribution in [3.63, 3.8) is 0 Å². The summed E-state index contributed by atoms with van der Waals surface area (Å²) in [7, 11) is 0. The van der Waals surface area contributed by atoms with Crippen LogP contribution in [0.4, 0.5) is 11.5 Å². The second kappa shape index (κ2) is 7.87. The molecule has 7 heteroatoms. The molecule has 1 aliphatic carbocycles. The Morgan fingerprint density at radius 1 is 1.32 bits per heavy atom. The maximum Gasteiger partial charge on any atom is 0.261 e. The van der Waals surface area contributed by atoms with Gasteiger partial charge in [0.25, 0.3) is 5.56 Å². The molecule has 1 aromatic carbocycles. The number of aromatic nitrogens is 3. The van der Waals surface area contributed by atoms with Crippen molar-refractivity contribution in [3.8, 4) is 6.07 Å². The van der Waals surface area contributed by atoms with Gasteiger partial charge in [-0.2, -0.15) is 10.4 Å². The molecule has 7 nitrogen and oxygen atoms in total. The van der Waals surface area contributed by atoms with Gasteiger partial charge >= 0.3 is 0 Å².